The number of carbonyl (C=O) groups is 1. The number of carboxylic acids is 1. The maximum atomic E-state index is 10.8. The zero-order valence-electron chi connectivity index (χ0n) is 9.74. The van der Waals surface area contributed by atoms with E-state index in [1.54, 1.807) is 19.1 Å². The molecule has 0 fully saturated rings. The molecule has 1 aromatic rings. The molecule has 0 saturated carbocycles. The van der Waals surface area contributed by atoms with Crippen LogP contribution in [-0.4, -0.2) is 16.2 Å². The second-order valence-electron chi connectivity index (χ2n) is 4.01. The predicted molar refractivity (Wildman–Crippen MR) is 62.6 cm³/mol. The van der Waals surface area contributed by atoms with E-state index in [0.29, 0.717) is 12.0 Å². The summed E-state index contributed by atoms with van der Waals surface area (Å²) in [4.78, 5) is 10.8. The van der Waals surface area contributed by atoms with Gasteiger partial charge in [0.25, 0.3) is 0 Å². The largest absolute Gasteiger partial charge is 0.508 e. The second kappa shape index (κ2) is 4.84. The minimum Gasteiger partial charge on any atom is -0.508 e. The minimum absolute atomic E-state index is 0.264. The van der Waals surface area contributed by atoms with Gasteiger partial charge in [-0.1, -0.05) is 17.7 Å². The number of aliphatic carboxylic acids is 1. The van der Waals surface area contributed by atoms with E-state index in [1.165, 1.54) is 0 Å². The molecule has 2 N–H and O–H groups in total. The molecule has 0 spiro atoms. The fourth-order valence-electron chi connectivity index (χ4n) is 1.45. The van der Waals surface area contributed by atoms with Crippen molar-refractivity contribution in [2.24, 2.45) is 0 Å². The highest BCUT2D eigenvalue weighted by Crippen LogP contribution is 2.19. The van der Waals surface area contributed by atoms with Gasteiger partial charge in [0, 0.05) is 5.57 Å². The summed E-state index contributed by atoms with van der Waals surface area (Å²) in [5.74, 6) is -0.617. The van der Waals surface area contributed by atoms with Gasteiger partial charge >= 0.3 is 5.97 Å². The van der Waals surface area contributed by atoms with Gasteiger partial charge in [0.1, 0.15) is 5.75 Å². The molecular weight excluding hydrogens is 204 g/mol. The summed E-state index contributed by atoms with van der Waals surface area (Å²) in [5, 5.41) is 18.2. The Labute approximate surface area is 95.0 Å². The van der Waals surface area contributed by atoms with Crippen LogP contribution in [0.15, 0.2) is 29.3 Å². The molecule has 0 aliphatic carbocycles. The highest BCUT2D eigenvalue weighted by molar-refractivity contribution is 5.86. The molecule has 0 bridgehead atoms. The van der Waals surface area contributed by atoms with Crippen LogP contribution in [0.25, 0.3) is 0 Å². The van der Waals surface area contributed by atoms with Gasteiger partial charge in [0.2, 0.25) is 0 Å². The van der Waals surface area contributed by atoms with Gasteiger partial charge in [-0.25, -0.2) is 4.79 Å². The molecule has 16 heavy (non-hydrogen) atoms. The fourth-order valence-corrected chi connectivity index (χ4v) is 1.45. The molecule has 3 nitrogen and oxygen atoms in total. The molecule has 86 valence electrons. The molecule has 0 aliphatic heterocycles. The van der Waals surface area contributed by atoms with Crippen molar-refractivity contribution in [1.82, 2.24) is 0 Å². The molecule has 0 unspecified atom stereocenters. The first-order chi connectivity index (χ1) is 7.41. The number of carboxylic acid groups (broad SMARTS) is 1. The van der Waals surface area contributed by atoms with Gasteiger partial charge in [-0.2, -0.15) is 0 Å². The van der Waals surface area contributed by atoms with E-state index in [1.807, 2.05) is 19.9 Å². The number of hydrogen-bond donors (Lipinski definition) is 2. The van der Waals surface area contributed by atoms with Crippen molar-refractivity contribution in [2.75, 3.05) is 0 Å². The molecule has 0 heterocycles. The van der Waals surface area contributed by atoms with Gasteiger partial charge in [-0.15, -0.1) is 0 Å². The zero-order chi connectivity index (χ0) is 12.3. The smallest absolute Gasteiger partial charge is 0.331 e. The summed E-state index contributed by atoms with van der Waals surface area (Å²) >= 11 is 0. The van der Waals surface area contributed by atoms with Crippen molar-refractivity contribution >= 4 is 5.97 Å². The van der Waals surface area contributed by atoms with Crippen molar-refractivity contribution < 1.29 is 15.0 Å². The lowest BCUT2D eigenvalue weighted by atomic mass is 10.0. The number of rotatable bonds is 3. The van der Waals surface area contributed by atoms with E-state index in [2.05, 4.69) is 0 Å². The quantitative estimate of drug-likeness (QED) is 0.770. The zero-order valence-corrected chi connectivity index (χ0v) is 9.74. The monoisotopic (exact) mass is 220 g/mol. The molecule has 1 rings (SSSR count). The fraction of sp³-hybridized carbons (Fsp3) is 0.308. The van der Waals surface area contributed by atoms with Crippen molar-refractivity contribution in [3.05, 3.63) is 40.5 Å². The van der Waals surface area contributed by atoms with Gasteiger partial charge in [-0.3, -0.25) is 0 Å². The summed E-state index contributed by atoms with van der Waals surface area (Å²) in [6.07, 6.45) is 0.596. The van der Waals surface area contributed by atoms with Crippen LogP contribution in [0.2, 0.25) is 0 Å². The summed E-state index contributed by atoms with van der Waals surface area (Å²) < 4.78 is 0. The van der Waals surface area contributed by atoms with Gasteiger partial charge < -0.3 is 10.2 Å². The highest BCUT2D eigenvalue weighted by Gasteiger charge is 2.06. The Balaban J connectivity index is 2.93. The van der Waals surface area contributed by atoms with Crippen LogP contribution in [0.4, 0.5) is 0 Å². The predicted octanol–water partition coefficient (Wildman–Crippen LogP) is 2.66. The molecule has 1 aromatic carbocycles. The van der Waals surface area contributed by atoms with Crippen LogP contribution >= 0.6 is 0 Å². The van der Waals surface area contributed by atoms with Gasteiger partial charge in [-0.05, 0) is 44.4 Å². The molecule has 0 aromatic heterocycles. The van der Waals surface area contributed by atoms with E-state index >= 15 is 0 Å². The third-order valence-electron chi connectivity index (χ3n) is 2.69. The molecule has 3 heteroatoms. The lowest BCUT2D eigenvalue weighted by molar-refractivity contribution is -0.132. The number of hydrogen-bond acceptors (Lipinski definition) is 2. The lowest BCUT2D eigenvalue weighted by Crippen LogP contribution is -2.01. The normalized spacial score (nSPS) is 12.2. The van der Waals surface area contributed by atoms with E-state index in [9.17, 15) is 9.90 Å². The first-order valence-electron chi connectivity index (χ1n) is 5.10. The maximum Gasteiger partial charge on any atom is 0.331 e. The number of aryl methyl sites for hydroxylation is 1. The first kappa shape index (κ1) is 12.3. The number of benzene rings is 1. The molecule has 0 radical (unpaired) electrons. The Morgan fingerprint density at radius 1 is 1.31 bits per heavy atom. The molecule has 0 amide bonds. The Morgan fingerprint density at radius 2 is 1.94 bits per heavy atom. The number of phenols is 1. The maximum absolute atomic E-state index is 10.8. The average Bonchev–Trinajstić information content (AvgIpc) is 2.22. The van der Waals surface area contributed by atoms with Crippen LogP contribution < -0.4 is 0 Å². The summed E-state index contributed by atoms with van der Waals surface area (Å²) in [7, 11) is 0. The average molecular weight is 220 g/mol. The second-order valence-corrected chi connectivity index (χ2v) is 4.01. The van der Waals surface area contributed by atoms with Crippen molar-refractivity contribution in [2.45, 2.75) is 27.2 Å². The molecular formula is C13H16O3. The summed E-state index contributed by atoms with van der Waals surface area (Å²) in [5.41, 5.74) is 3.02. The van der Waals surface area contributed by atoms with Crippen molar-refractivity contribution in [1.29, 1.82) is 0 Å². The standard InChI is InChI=1S/C13H16O3/c1-8(10(3)13(15)16)6-11-4-5-12(14)9(2)7-11/h4-5,7,14H,6H2,1-3H3,(H,15,16). The topological polar surface area (TPSA) is 57.5 Å². The molecule has 0 saturated heterocycles. The van der Waals surface area contributed by atoms with E-state index in [0.717, 1.165) is 16.7 Å². The highest BCUT2D eigenvalue weighted by atomic mass is 16.4. The van der Waals surface area contributed by atoms with Crippen molar-refractivity contribution in [3.63, 3.8) is 0 Å². The van der Waals surface area contributed by atoms with E-state index in [4.69, 9.17) is 5.11 Å². The molecule has 0 atom stereocenters. The number of allylic oxidation sites excluding steroid dienone is 1. The summed E-state index contributed by atoms with van der Waals surface area (Å²) in [6, 6.07) is 5.31. The van der Waals surface area contributed by atoms with Crippen molar-refractivity contribution in [3.8, 4) is 5.75 Å². The van der Waals surface area contributed by atoms with Crippen LogP contribution in [-0.2, 0) is 11.2 Å². The van der Waals surface area contributed by atoms with E-state index in [-0.39, 0.29) is 5.75 Å². The summed E-state index contributed by atoms with van der Waals surface area (Å²) in [6.45, 7) is 5.23. The van der Waals surface area contributed by atoms with Crippen LogP contribution in [0, 0.1) is 6.92 Å². The van der Waals surface area contributed by atoms with Gasteiger partial charge in [0.05, 0.1) is 0 Å². The number of phenolic OH excluding ortho intramolecular Hbond substituents is 1. The van der Waals surface area contributed by atoms with Crippen LogP contribution in [0.3, 0.4) is 0 Å². The first-order valence-corrected chi connectivity index (χ1v) is 5.10. The molecule has 0 aliphatic rings. The Hall–Kier alpha value is -1.77. The third-order valence-corrected chi connectivity index (χ3v) is 2.69. The van der Waals surface area contributed by atoms with Gasteiger partial charge in [0.15, 0.2) is 0 Å². The Bertz CT molecular complexity index is 444. The third kappa shape index (κ3) is 2.86. The lowest BCUT2D eigenvalue weighted by Gasteiger charge is -2.06. The van der Waals surface area contributed by atoms with E-state index < -0.39 is 5.97 Å². The Kier molecular flexibility index (Phi) is 3.72. The Morgan fingerprint density at radius 3 is 2.44 bits per heavy atom. The van der Waals surface area contributed by atoms with Crippen LogP contribution in [0.1, 0.15) is 25.0 Å². The van der Waals surface area contributed by atoms with Crippen LogP contribution in [0.5, 0.6) is 5.75 Å². The minimum atomic E-state index is -0.881. The number of aromatic hydroxyl groups is 1. The SMILES string of the molecule is CC(Cc1ccc(O)c(C)c1)=C(C)C(=O)O.